The van der Waals surface area contributed by atoms with Gasteiger partial charge in [-0.05, 0) is 12.5 Å². The summed E-state index contributed by atoms with van der Waals surface area (Å²) in [4.78, 5) is 11.7. The molecule has 1 amide bonds. The van der Waals surface area contributed by atoms with Gasteiger partial charge in [0, 0.05) is 28.9 Å². The van der Waals surface area contributed by atoms with E-state index in [4.69, 9.17) is 11.6 Å². The van der Waals surface area contributed by atoms with Gasteiger partial charge in [-0.2, -0.15) is 0 Å². The standard InChI is InChI=1S/C11H12ClFN2O2S/c1-18(17)3-2-8-11(16)15-10-5-7(13)6(12)4-9(10)14-8/h4-5,8,14H,2-3H2,1H3,(H,15,16). The molecule has 1 aromatic rings. The van der Waals surface area contributed by atoms with Gasteiger partial charge in [-0.15, -0.1) is 0 Å². The number of carbonyl (C=O) groups excluding carboxylic acids is 1. The molecule has 2 N–H and O–H groups in total. The molecule has 0 spiro atoms. The largest absolute Gasteiger partial charge is 0.372 e. The Balaban J connectivity index is 2.19. The first kappa shape index (κ1) is 13.3. The second-order valence-electron chi connectivity index (χ2n) is 4.06. The third-order valence-corrected chi connectivity index (χ3v) is 3.76. The second-order valence-corrected chi connectivity index (χ2v) is 6.03. The summed E-state index contributed by atoms with van der Waals surface area (Å²) in [7, 11) is -0.954. The van der Waals surface area contributed by atoms with Crippen molar-refractivity contribution in [2.45, 2.75) is 12.5 Å². The minimum atomic E-state index is -0.954. The summed E-state index contributed by atoms with van der Waals surface area (Å²) in [5.41, 5.74) is 0.948. The molecule has 1 heterocycles. The highest BCUT2D eigenvalue weighted by atomic mass is 35.5. The zero-order chi connectivity index (χ0) is 13.3. The molecule has 18 heavy (non-hydrogen) atoms. The fourth-order valence-corrected chi connectivity index (χ4v) is 2.46. The molecule has 2 rings (SSSR count). The third-order valence-electron chi connectivity index (χ3n) is 2.66. The molecule has 7 heteroatoms. The van der Waals surface area contributed by atoms with Gasteiger partial charge in [0.1, 0.15) is 11.9 Å². The van der Waals surface area contributed by atoms with Crippen LogP contribution in [0.25, 0.3) is 0 Å². The molecule has 0 saturated heterocycles. The van der Waals surface area contributed by atoms with Gasteiger partial charge in [0.25, 0.3) is 0 Å². The number of carbonyl (C=O) groups is 1. The number of rotatable bonds is 3. The molecular weight excluding hydrogens is 279 g/mol. The minimum absolute atomic E-state index is 0.00443. The quantitative estimate of drug-likeness (QED) is 0.895. The number of amides is 1. The molecule has 1 aliphatic rings. The summed E-state index contributed by atoms with van der Waals surface area (Å²) < 4.78 is 24.3. The van der Waals surface area contributed by atoms with Gasteiger partial charge in [-0.1, -0.05) is 11.6 Å². The second kappa shape index (κ2) is 5.24. The molecule has 0 fully saturated rings. The zero-order valence-corrected chi connectivity index (χ0v) is 11.2. The van der Waals surface area contributed by atoms with E-state index < -0.39 is 22.7 Å². The van der Waals surface area contributed by atoms with Crippen LogP contribution >= 0.6 is 11.6 Å². The first-order valence-corrected chi connectivity index (χ1v) is 7.44. The number of fused-ring (bicyclic) bond motifs is 1. The lowest BCUT2D eigenvalue weighted by Gasteiger charge is -2.26. The molecule has 1 aromatic carbocycles. The number of benzene rings is 1. The molecular formula is C11H12ClFN2O2S. The smallest absolute Gasteiger partial charge is 0.246 e. The zero-order valence-electron chi connectivity index (χ0n) is 9.63. The lowest BCUT2D eigenvalue weighted by molar-refractivity contribution is -0.117. The van der Waals surface area contributed by atoms with Crippen LogP contribution in [0.15, 0.2) is 12.1 Å². The number of hydrogen-bond acceptors (Lipinski definition) is 3. The predicted octanol–water partition coefficient (Wildman–Crippen LogP) is 1.98. The normalized spacial score (nSPS) is 19.7. The summed E-state index contributed by atoms with van der Waals surface area (Å²) in [6, 6.07) is 2.14. The number of nitrogens with one attached hydrogen (secondary N) is 2. The van der Waals surface area contributed by atoms with Crippen LogP contribution in [0.1, 0.15) is 6.42 Å². The summed E-state index contributed by atoms with van der Waals surface area (Å²) in [6.45, 7) is 0. The van der Waals surface area contributed by atoms with Crippen LogP contribution in [0.3, 0.4) is 0 Å². The van der Waals surface area contributed by atoms with Gasteiger partial charge >= 0.3 is 0 Å². The van der Waals surface area contributed by atoms with Crippen molar-refractivity contribution in [1.29, 1.82) is 0 Å². The number of anilines is 2. The van der Waals surface area contributed by atoms with E-state index in [0.29, 0.717) is 23.5 Å². The average molecular weight is 291 g/mol. The maximum absolute atomic E-state index is 13.2. The third kappa shape index (κ3) is 2.81. The highest BCUT2D eigenvalue weighted by Crippen LogP contribution is 2.32. The molecule has 2 unspecified atom stereocenters. The van der Waals surface area contributed by atoms with E-state index >= 15 is 0 Å². The van der Waals surface area contributed by atoms with Gasteiger partial charge in [-0.25, -0.2) is 4.39 Å². The highest BCUT2D eigenvalue weighted by Gasteiger charge is 2.26. The van der Waals surface area contributed by atoms with Crippen LogP contribution in [-0.2, 0) is 15.6 Å². The van der Waals surface area contributed by atoms with E-state index in [9.17, 15) is 13.4 Å². The Morgan fingerprint density at radius 2 is 2.17 bits per heavy atom. The van der Waals surface area contributed by atoms with E-state index in [-0.39, 0.29) is 10.9 Å². The van der Waals surface area contributed by atoms with Crippen molar-refractivity contribution >= 4 is 39.7 Å². The Labute approximate surface area is 111 Å². The molecule has 0 saturated carbocycles. The van der Waals surface area contributed by atoms with Gasteiger partial charge < -0.3 is 10.6 Å². The molecule has 0 aromatic heterocycles. The van der Waals surface area contributed by atoms with E-state index in [0.717, 1.165) is 0 Å². The van der Waals surface area contributed by atoms with Crippen molar-refractivity contribution in [2.24, 2.45) is 0 Å². The summed E-state index contributed by atoms with van der Waals surface area (Å²) in [6.07, 6.45) is 2.03. The fourth-order valence-electron chi connectivity index (χ4n) is 1.73. The monoisotopic (exact) mass is 290 g/mol. The van der Waals surface area contributed by atoms with Crippen molar-refractivity contribution in [1.82, 2.24) is 0 Å². The SMILES string of the molecule is CS(=O)CCC1Nc2cc(Cl)c(F)cc2NC1=O. The highest BCUT2D eigenvalue weighted by molar-refractivity contribution is 7.84. The van der Waals surface area contributed by atoms with Crippen molar-refractivity contribution in [3.63, 3.8) is 0 Å². The van der Waals surface area contributed by atoms with Gasteiger partial charge in [0.15, 0.2) is 0 Å². The van der Waals surface area contributed by atoms with E-state index in [1.54, 1.807) is 6.26 Å². The number of hydrogen-bond donors (Lipinski definition) is 2. The maximum atomic E-state index is 13.2. The number of halogens is 2. The molecule has 0 radical (unpaired) electrons. The average Bonchev–Trinajstić information content (AvgIpc) is 2.29. The van der Waals surface area contributed by atoms with Crippen LogP contribution in [-0.4, -0.2) is 28.2 Å². The maximum Gasteiger partial charge on any atom is 0.246 e. The Bertz CT molecular complexity index is 524. The van der Waals surface area contributed by atoms with E-state index in [1.807, 2.05) is 0 Å². The van der Waals surface area contributed by atoms with Crippen molar-refractivity contribution in [3.05, 3.63) is 23.0 Å². The van der Waals surface area contributed by atoms with Crippen LogP contribution in [0.5, 0.6) is 0 Å². The van der Waals surface area contributed by atoms with Crippen molar-refractivity contribution in [2.75, 3.05) is 22.6 Å². The minimum Gasteiger partial charge on any atom is -0.372 e. The predicted molar refractivity (Wildman–Crippen MR) is 71.0 cm³/mol. The lowest BCUT2D eigenvalue weighted by Crippen LogP contribution is -2.39. The summed E-state index contributed by atoms with van der Waals surface area (Å²) >= 11 is 5.68. The molecule has 98 valence electrons. The molecule has 4 nitrogen and oxygen atoms in total. The van der Waals surface area contributed by atoms with Crippen molar-refractivity contribution in [3.8, 4) is 0 Å². The molecule has 0 bridgehead atoms. The van der Waals surface area contributed by atoms with E-state index in [1.165, 1.54) is 12.1 Å². The van der Waals surface area contributed by atoms with E-state index in [2.05, 4.69) is 10.6 Å². The van der Waals surface area contributed by atoms with Gasteiger partial charge in [0.2, 0.25) is 5.91 Å². The van der Waals surface area contributed by atoms with Crippen LogP contribution in [0.4, 0.5) is 15.8 Å². The summed E-state index contributed by atoms with van der Waals surface area (Å²) in [5, 5.41) is 5.57. The fraction of sp³-hybridized carbons (Fsp3) is 0.364. The van der Waals surface area contributed by atoms with Gasteiger partial charge in [-0.3, -0.25) is 9.00 Å². The summed E-state index contributed by atoms with van der Waals surface area (Å²) in [5.74, 6) is -0.407. The Kier molecular flexibility index (Phi) is 3.87. The van der Waals surface area contributed by atoms with Crippen molar-refractivity contribution < 1.29 is 13.4 Å². The topological polar surface area (TPSA) is 58.2 Å². The molecule has 1 aliphatic heterocycles. The Morgan fingerprint density at radius 1 is 1.44 bits per heavy atom. The van der Waals surface area contributed by atoms with Crippen LogP contribution in [0, 0.1) is 5.82 Å². The van der Waals surface area contributed by atoms with Gasteiger partial charge in [0.05, 0.1) is 16.4 Å². The Morgan fingerprint density at radius 3 is 2.83 bits per heavy atom. The lowest BCUT2D eigenvalue weighted by atomic mass is 10.1. The Hall–Kier alpha value is -1.14. The molecule has 2 atom stereocenters. The van der Waals surface area contributed by atoms with Crippen LogP contribution < -0.4 is 10.6 Å². The first-order chi connectivity index (χ1) is 8.47. The molecule has 0 aliphatic carbocycles. The van der Waals surface area contributed by atoms with Crippen LogP contribution in [0.2, 0.25) is 5.02 Å². The first-order valence-electron chi connectivity index (χ1n) is 5.34.